The predicted octanol–water partition coefficient (Wildman–Crippen LogP) is 5.33. The van der Waals surface area contributed by atoms with E-state index < -0.39 is 0 Å². The molecule has 0 saturated carbocycles. The van der Waals surface area contributed by atoms with Crippen LogP contribution >= 0.6 is 0 Å². The normalized spacial score (nSPS) is 14.2. The van der Waals surface area contributed by atoms with Gasteiger partial charge in [0, 0.05) is 55.6 Å². The van der Waals surface area contributed by atoms with Crippen LogP contribution in [0.4, 0.5) is 0 Å². The molecule has 1 aliphatic heterocycles. The summed E-state index contributed by atoms with van der Waals surface area (Å²) in [6, 6.07) is 27.5. The Labute approximate surface area is 190 Å². The van der Waals surface area contributed by atoms with Gasteiger partial charge in [-0.1, -0.05) is 60.7 Å². The van der Waals surface area contributed by atoms with Crippen molar-refractivity contribution in [3.63, 3.8) is 0 Å². The summed E-state index contributed by atoms with van der Waals surface area (Å²) in [6.07, 6.45) is 1.95. The minimum absolute atomic E-state index is 0.634. The Hall–Kier alpha value is -3.24. The van der Waals surface area contributed by atoms with Gasteiger partial charge in [-0.3, -0.25) is 4.90 Å². The number of para-hydroxylation sites is 3. The van der Waals surface area contributed by atoms with Gasteiger partial charge in [-0.25, -0.2) is 0 Å². The van der Waals surface area contributed by atoms with Crippen molar-refractivity contribution in [2.45, 2.75) is 25.9 Å². The predicted molar refractivity (Wildman–Crippen MR) is 130 cm³/mol. The Morgan fingerprint density at radius 3 is 2.38 bits per heavy atom. The molecule has 1 aromatic heterocycles. The molecule has 0 radical (unpaired) electrons. The molecule has 4 nitrogen and oxygen atoms in total. The molecule has 1 aliphatic rings. The molecule has 164 valence electrons. The minimum atomic E-state index is 0.634. The van der Waals surface area contributed by atoms with E-state index in [1.807, 2.05) is 24.3 Å². The zero-order valence-electron chi connectivity index (χ0n) is 18.7. The number of hydrogen-bond donors (Lipinski definition) is 0. The molecule has 0 fully saturated rings. The average Bonchev–Trinajstić information content (AvgIpc) is 2.98. The summed E-state index contributed by atoms with van der Waals surface area (Å²) in [6.45, 7) is 4.81. The summed E-state index contributed by atoms with van der Waals surface area (Å²) in [5, 5.41) is 1.36. The molecular formula is C28H30N2O2. The van der Waals surface area contributed by atoms with Crippen LogP contribution in [0, 0.1) is 0 Å². The Balaban J connectivity index is 1.35. The fourth-order valence-corrected chi connectivity index (χ4v) is 4.87. The van der Waals surface area contributed by atoms with Crippen molar-refractivity contribution in [2.24, 2.45) is 0 Å². The number of nitrogens with zero attached hydrogens (tertiary/aromatic N) is 2. The molecule has 4 aromatic rings. The van der Waals surface area contributed by atoms with E-state index in [-0.39, 0.29) is 0 Å². The van der Waals surface area contributed by atoms with E-state index in [0.717, 1.165) is 50.5 Å². The average molecular weight is 427 g/mol. The summed E-state index contributed by atoms with van der Waals surface area (Å²) >= 11 is 0. The molecule has 0 aliphatic carbocycles. The monoisotopic (exact) mass is 426 g/mol. The second-order valence-electron chi connectivity index (χ2n) is 8.36. The maximum atomic E-state index is 6.13. The molecule has 5 rings (SSSR count). The van der Waals surface area contributed by atoms with E-state index in [1.165, 1.54) is 27.7 Å². The molecule has 0 amide bonds. The van der Waals surface area contributed by atoms with Crippen LogP contribution in [-0.4, -0.2) is 36.3 Å². The van der Waals surface area contributed by atoms with Crippen molar-refractivity contribution in [2.75, 3.05) is 26.8 Å². The first-order valence-corrected chi connectivity index (χ1v) is 11.4. The van der Waals surface area contributed by atoms with E-state index in [2.05, 4.69) is 64.1 Å². The molecule has 0 atom stereocenters. The van der Waals surface area contributed by atoms with Gasteiger partial charge in [0.2, 0.25) is 0 Å². The fraction of sp³-hybridized carbons (Fsp3) is 0.286. The topological polar surface area (TPSA) is 26.6 Å². The highest BCUT2D eigenvalue weighted by atomic mass is 16.5. The first-order chi connectivity index (χ1) is 15.8. The van der Waals surface area contributed by atoms with E-state index in [0.29, 0.717) is 6.61 Å². The largest absolute Gasteiger partial charge is 0.493 e. The second kappa shape index (κ2) is 9.49. The number of fused-ring (bicyclic) bond motifs is 3. The van der Waals surface area contributed by atoms with Crippen LogP contribution in [0.5, 0.6) is 11.5 Å². The van der Waals surface area contributed by atoms with Crippen LogP contribution < -0.4 is 9.47 Å². The van der Waals surface area contributed by atoms with E-state index >= 15 is 0 Å². The zero-order valence-corrected chi connectivity index (χ0v) is 18.7. The first-order valence-electron chi connectivity index (χ1n) is 11.4. The second-order valence-corrected chi connectivity index (χ2v) is 8.36. The maximum Gasteiger partial charge on any atom is 0.161 e. The Morgan fingerprint density at radius 2 is 1.53 bits per heavy atom. The van der Waals surface area contributed by atoms with Gasteiger partial charge in [-0.2, -0.15) is 0 Å². The van der Waals surface area contributed by atoms with Gasteiger partial charge in [0.25, 0.3) is 0 Å². The van der Waals surface area contributed by atoms with Crippen molar-refractivity contribution in [3.05, 3.63) is 95.7 Å². The lowest BCUT2D eigenvalue weighted by atomic mass is 10.1. The van der Waals surface area contributed by atoms with Crippen LogP contribution in [0.1, 0.15) is 16.8 Å². The van der Waals surface area contributed by atoms with Crippen molar-refractivity contribution in [1.29, 1.82) is 0 Å². The van der Waals surface area contributed by atoms with E-state index in [4.69, 9.17) is 9.47 Å². The zero-order chi connectivity index (χ0) is 21.8. The summed E-state index contributed by atoms with van der Waals surface area (Å²) in [5.41, 5.74) is 5.62. The third-order valence-electron chi connectivity index (χ3n) is 6.43. The number of aromatic nitrogens is 1. The van der Waals surface area contributed by atoms with Crippen molar-refractivity contribution in [1.82, 2.24) is 9.47 Å². The number of rotatable bonds is 7. The van der Waals surface area contributed by atoms with Gasteiger partial charge in [0.15, 0.2) is 11.5 Å². The third-order valence-corrected chi connectivity index (χ3v) is 6.43. The molecule has 0 bridgehead atoms. The molecule has 2 heterocycles. The van der Waals surface area contributed by atoms with Gasteiger partial charge in [-0.05, 0) is 29.3 Å². The number of ether oxygens (including phenoxy) is 2. The van der Waals surface area contributed by atoms with Crippen LogP contribution in [0.15, 0.2) is 78.9 Å². The lowest BCUT2D eigenvalue weighted by Crippen LogP contribution is -2.26. The van der Waals surface area contributed by atoms with Gasteiger partial charge >= 0.3 is 0 Å². The highest BCUT2D eigenvalue weighted by Crippen LogP contribution is 2.30. The van der Waals surface area contributed by atoms with Gasteiger partial charge in [-0.15, -0.1) is 0 Å². The molecule has 0 spiro atoms. The highest BCUT2D eigenvalue weighted by Gasteiger charge is 2.21. The SMILES string of the molecule is COc1ccccc1OCCc1c2n(c3ccccc13)CCN(Cc1ccccc1)CC2. The first kappa shape index (κ1) is 20.7. The smallest absolute Gasteiger partial charge is 0.161 e. The Bertz CT molecular complexity index is 1180. The molecule has 3 aromatic carbocycles. The third kappa shape index (κ3) is 4.23. The van der Waals surface area contributed by atoms with Crippen LogP contribution in [-0.2, 0) is 25.9 Å². The van der Waals surface area contributed by atoms with Crippen LogP contribution in [0.3, 0.4) is 0 Å². The molecule has 4 heteroatoms. The Morgan fingerprint density at radius 1 is 0.781 bits per heavy atom. The van der Waals surface area contributed by atoms with Gasteiger partial charge in [0.05, 0.1) is 13.7 Å². The highest BCUT2D eigenvalue weighted by molar-refractivity contribution is 5.85. The van der Waals surface area contributed by atoms with E-state index in [1.54, 1.807) is 7.11 Å². The number of benzene rings is 3. The summed E-state index contributed by atoms with van der Waals surface area (Å²) < 4.78 is 14.1. The van der Waals surface area contributed by atoms with Crippen molar-refractivity contribution < 1.29 is 9.47 Å². The minimum Gasteiger partial charge on any atom is -0.493 e. The summed E-state index contributed by atoms with van der Waals surface area (Å²) in [5.74, 6) is 1.59. The molecule has 0 unspecified atom stereocenters. The Kier molecular flexibility index (Phi) is 6.13. The fourth-order valence-electron chi connectivity index (χ4n) is 4.87. The van der Waals surface area contributed by atoms with Crippen molar-refractivity contribution in [3.8, 4) is 11.5 Å². The lowest BCUT2D eigenvalue weighted by Gasteiger charge is -2.19. The quantitative estimate of drug-likeness (QED) is 0.400. The summed E-state index contributed by atoms with van der Waals surface area (Å²) in [7, 11) is 1.69. The maximum absolute atomic E-state index is 6.13. The lowest BCUT2D eigenvalue weighted by molar-refractivity contribution is 0.272. The van der Waals surface area contributed by atoms with Crippen molar-refractivity contribution >= 4 is 10.9 Å². The standard InChI is InChI=1S/C28H30N2O2/c1-31-27-13-7-8-14-28(27)32-20-16-24-23-11-5-6-12-25(23)30-19-18-29(17-15-26(24)30)21-22-9-3-2-4-10-22/h2-14H,15-21H2,1H3. The van der Waals surface area contributed by atoms with E-state index in [9.17, 15) is 0 Å². The van der Waals surface area contributed by atoms with Gasteiger partial charge < -0.3 is 14.0 Å². The number of hydrogen-bond acceptors (Lipinski definition) is 3. The van der Waals surface area contributed by atoms with Crippen LogP contribution in [0.25, 0.3) is 10.9 Å². The van der Waals surface area contributed by atoms with Gasteiger partial charge in [0.1, 0.15) is 0 Å². The summed E-state index contributed by atoms with van der Waals surface area (Å²) in [4.78, 5) is 2.58. The number of methoxy groups -OCH3 is 1. The molecule has 0 saturated heterocycles. The van der Waals surface area contributed by atoms with Crippen LogP contribution in [0.2, 0.25) is 0 Å². The molecule has 0 N–H and O–H groups in total. The molecular weight excluding hydrogens is 396 g/mol. The molecule has 32 heavy (non-hydrogen) atoms.